The summed E-state index contributed by atoms with van der Waals surface area (Å²) in [6, 6.07) is 6.33. The number of nitrogens with zero attached hydrogens (tertiary/aromatic N) is 4. The Labute approximate surface area is 281 Å². The number of likely N-dealkylation sites (N-methyl/N-ethyl adjacent to an activating group) is 1. The topological polar surface area (TPSA) is 84.4 Å². The molecule has 0 amide bonds. The molecule has 0 radical (unpaired) electrons. The summed E-state index contributed by atoms with van der Waals surface area (Å²) in [7, 11) is 5.69. The summed E-state index contributed by atoms with van der Waals surface area (Å²) in [6.45, 7) is 17.1. The zero-order chi connectivity index (χ0) is 33.9. The molecule has 6 rings (SSSR count). The maximum absolute atomic E-state index is 12.2. The van der Waals surface area contributed by atoms with E-state index in [0.717, 1.165) is 57.0 Å². The molecule has 2 aromatic rings. The quantitative estimate of drug-likeness (QED) is 0.280. The second-order valence-electron chi connectivity index (χ2n) is 12.8. The van der Waals surface area contributed by atoms with E-state index < -0.39 is 12.1 Å². The van der Waals surface area contributed by atoms with E-state index in [1.54, 1.807) is 6.07 Å². The number of ether oxygens (including phenoxy) is 3. The summed E-state index contributed by atoms with van der Waals surface area (Å²) in [5, 5.41) is 0.943. The van der Waals surface area contributed by atoms with E-state index >= 15 is 0 Å². The zero-order valence-electron chi connectivity index (χ0n) is 29.3. The minimum absolute atomic E-state index is 0.153. The van der Waals surface area contributed by atoms with Gasteiger partial charge >= 0.3 is 5.97 Å². The average molecular weight is 647 g/mol. The molecule has 1 aromatic carbocycles. The Morgan fingerprint density at radius 3 is 2.38 bits per heavy atom. The first-order valence-corrected chi connectivity index (χ1v) is 17.2. The van der Waals surface area contributed by atoms with Gasteiger partial charge in [-0.1, -0.05) is 46.3 Å². The smallest absolute Gasteiger partial charge is 0.340 e. The second-order valence-corrected chi connectivity index (χ2v) is 12.8. The predicted molar refractivity (Wildman–Crippen MR) is 188 cm³/mol. The van der Waals surface area contributed by atoms with Crippen molar-refractivity contribution in [2.75, 3.05) is 54.0 Å². The minimum atomic E-state index is -0.805. The second kappa shape index (κ2) is 17.6. The maximum atomic E-state index is 12.2. The Kier molecular flexibility index (Phi) is 13.6. The molecule has 0 saturated carbocycles. The molecular weight excluding hydrogens is 592 g/mol. The summed E-state index contributed by atoms with van der Waals surface area (Å²) < 4.78 is 15.8. The normalized spacial score (nSPS) is 21.5. The van der Waals surface area contributed by atoms with Crippen LogP contribution < -0.4 is 4.74 Å². The number of likely N-dealkylation sites (tertiary alicyclic amines) is 2. The molecule has 2 saturated heterocycles. The lowest BCUT2D eigenvalue weighted by Crippen LogP contribution is -2.45. The number of fused-ring (bicyclic) bond motifs is 2. The molecule has 9 nitrogen and oxygen atoms in total. The Balaban J connectivity index is 0.000000258. The van der Waals surface area contributed by atoms with Crippen molar-refractivity contribution in [1.29, 1.82) is 0 Å². The highest BCUT2D eigenvalue weighted by atomic mass is 16.6. The first-order valence-electron chi connectivity index (χ1n) is 17.2. The van der Waals surface area contributed by atoms with E-state index in [4.69, 9.17) is 19.2 Å². The van der Waals surface area contributed by atoms with Crippen LogP contribution in [0.15, 0.2) is 47.7 Å². The molecule has 0 spiro atoms. The van der Waals surface area contributed by atoms with Crippen molar-refractivity contribution in [1.82, 2.24) is 19.7 Å². The monoisotopic (exact) mass is 646 g/mol. The molecule has 1 atom stereocenters. The molecule has 0 N–H and O–H groups in total. The zero-order valence-corrected chi connectivity index (χ0v) is 29.3. The number of esters is 1. The van der Waals surface area contributed by atoms with E-state index in [0.29, 0.717) is 18.8 Å². The van der Waals surface area contributed by atoms with Gasteiger partial charge in [0.05, 0.1) is 11.2 Å². The van der Waals surface area contributed by atoms with Crippen LogP contribution >= 0.6 is 0 Å². The van der Waals surface area contributed by atoms with Crippen molar-refractivity contribution >= 4 is 29.4 Å². The van der Waals surface area contributed by atoms with Crippen molar-refractivity contribution < 1.29 is 23.8 Å². The van der Waals surface area contributed by atoms with Gasteiger partial charge in [-0.15, -0.1) is 0 Å². The molecule has 5 heterocycles. The minimum Gasteiger partial charge on any atom is -0.459 e. The number of aromatic nitrogens is 1. The van der Waals surface area contributed by atoms with Crippen LogP contribution in [0.4, 0.5) is 0 Å². The fourth-order valence-corrected chi connectivity index (χ4v) is 6.84. The SMILES string of the molecule is C=C1C2=C(/C=C/c3nc4ccc(OC=O)cc4c(CC)c3CN1C)C(OC)C(=O)OC2.CCC.CN1CCC(N2CCCCC2)CC1. The van der Waals surface area contributed by atoms with Gasteiger partial charge in [-0.2, -0.15) is 0 Å². The molecule has 0 bridgehead atoms. The lowest BCUT2D eigenvalue weighted by Gasteiger charge is -2.39. The van der Waals surface area contributed by atoms with Crippen LogP contribution in [-0.2, 0) is 32.0 Å². The van der Waals surface area contributed by atoms with Crippen LogP contribution in [-0.4, -0.2) is 98.3 Å². The lowest BCUT2D eigenvalue weighted by molar-refractivity contribution is -0.153. The Bertz CT molecular complexity index is 1450. The lowest BCUT2D eigenvalue weighted by atomic mass is 9.96. The van der Waals surface area contributed by atoms with Crippen molar-refractivity contribution in [3.8, 4) is 5.75 Å². The molecule has 1 aromatic heterocycles. The van der Waals surface area contributed by atoms with Gasteiger partial charge in [-0.05, 0) is 95.2 Å². The number of rotatable bonds is 5. The number of pyridine rings is 1. The highest BCUT2D eigenvalue weighted by Crippen LogP contribution is 2.34. The number of hydrogen-bond acceptors (Lipinski definition) is 9. The van der Waals surface area contributed by atoms with E-state index in [2.05, 4.69) is 44.2 Å². The third-order valence-electron chi connectivity index (χ3n) is 9.41. The van der Waals surface area contributed by atoms with Crippen LogP contribution in [0.25, 0.3) is 17.0 Å². The first kappa shape index (κ1) is 36.3. The third-order valence-corrected chi connectivity index (χ3v) is 9.41. The van der Waals surface area contributed by atoms with E-state index in [9.17, 15) is 9.59 Å². The van der Waals surface area contributed by atoms with Crippen LogP contribution in [0.5, 0.6) is 5.75 Å². The summed E-state index contributed by atoms with van der Waals surface area (Å²) in [5.74, 6) is 0.0651. The summed E-state index contributed by atoms with van der Waals surface area (Å²) in [4.78, 5) is 35.1. The van der Waals surface area contributed by atoms with Crippen LogP contribution in [0, 0.1) is 0 Å². The fourth-order valence-electron chi connectivity index (χ4n) is 6.84. The Morgan fingerprint density at radius 2 is 1.74 bits per heavy atom. The van der Waals surface area contributed by atoms with Crippen molar-refractivity contribution in [3.63, 3.8) is 0 Å². The fraction of sp³-hybridized carbons (Fsp3) is 0.553. The summed E-state index contributed by atoms with van der Waals surface area (Å²) in [5.41, 5.74) is 6.13. The first-order chi connectivity index (χ1) is 22.8. The third kappa shape index (κ3) is 8.89. The maximum Gasteiger partial charge on any atom is 0.340 e. The molecule has 0 aliphatic carbocycles. The molecular formula is C38H54N4O5. The van der Waals surface area contributed by atoms with Crippen molar-refractivity contribution in [3.05, 3.63) is 64.5 Å². The van der Waals surface area contributed by atoms with Gasteiger partial charge in [-0.3, -0.25) is 4.79 Å². The average Bonchev–Trinajstić information content (AvgIpc) is 3.13. The van der Waals surface area contributed by atoms with Gasteiger partial charge in [0.1, 0.15) is 12.4 Å². The van der Waals surface area contributed by atoms with Gasteiger partial charge in [0, 0.05) is 54.5 Å². The molecule has 1 unspecified atom stereocenters. The number of carbonyl (C=O) groups is 2. The van der Waals surface area contributed by atoms with Crippen LogP contribution in [0.2, 0.25) is 0 Å². The van der Waals surface area contributed by atoms with E-state index in [-0.39, 0.29) is 6.61 Å². The standard InChI is InChI=1S/C24H24N2O5.C11H22N2.C3H8/c1-5-16-18-10-15(31-13-27)6-8-21(18)25-22-9-7-17-20(12-30-24(28)23(17)29-4)14(2)26(3)11-19(16)22;1-12-9-5-11(6-10-12)13-7-3-2-4-8-13;1-3-2/h6-10,13,23H,2,5,11-12H2,1,3-4H3;11H,2-10H2,1H3;3H2,1-2H3/b9-7+;;. The van der Waals surface area contributed by atoms with Gasteiger partial charge in [-0.25, -0.2) is 9.78 Å². The van der Waals surface area contributed by atoms with Crippen LogP contribution in [0.3, 0.4) is 0 Å². The van der Waals surface area contributed by atoms with Crippen LogP contribution in [0.1, 0.15) is 76.1 Å². The highest BCUT2D eigenvalue weighted by Gasteiger charge is 2.33. The largest absolute Gasteiger partial charge is 0.459 e. The summed E-state index contributed by atoms with van der Waals surface area (Å²) in [6.07, 6.45) is 12.2. The van der Waals surface area contributed by atoms with E-state index in [1.165, 1.54) is 71.8 Å². The van der Waals surface area contributed by atoms with Gasteiger partial charge < -0.3 is 28.9 Å². The molecule has 9 heteroatoms. The van der Waals surface area contributed by atoms with Crippen molar-refractivity contribution in [2.45, 2.75) is 84.4 Å². The number of methoxy groups -OCH3 is 1. The predicted octanol–water partition coefficient (Wildman–Crippen LogP) is 6.16. The number of piperidine rings is 2. The number of benzene rings is 1. The molecule has 2 fully saturated rings. The molecule has 47 heavy (non-hydrogen) atoms. The molecule has 256 valence electrons. The summed E-state index contributed by atoms with van der Waals surface area (Å²) >= 11 is 0. The van der Waals surface area contributed by atoms with Gasteiger partial charge in [0.25, 0.3) is 6.47 Å². The van der Waals surface area contributed by atoms with Gasteiger partial charge in [0.2, 0.25) is 0 Å². The Morgan fingerprint density at radius 1 is 1.04 bits per heavy atom. The number of carbonyl (C=O) groups excluding carboxylic acids is 2. The highest BCUT2D eigenvalue weighted by molar-refractivity contribution is 5.87. The molecule has 4 aliphatic heterocycles. The van der Waals surface area contributed by atoms with Gasteiger partial charge in [0.15, 0.2) is 6.10 Å². The Hall–Kier alpha value is -3.53. The number of hydrogen-bond donors (Lipinski definition) is 0. The molecule has 4 aliphatic rings. The van der Waals surface area contributed by atoms with Crippen molar-refractivity contribution in [2.24, 2.45) is 0 Å². The number of cyclic esters (lactones) is 1. The number of aryl methyl sites for hydroxylation is 1. The van der Waals surface area contributed by atoms with E-state index in [1.807, 2.05) is 36.2 Å².